The molecule has 0 bridgehead atoms. The van der Waals surface area contributed by atoms with E-state index in [-0.39, 0.29) is 5.92 Å². The first-order chi connectivity index (χ1) is 9.04. The smallest absolute Gasteiger partial charge is 0.326 e. The summed E-state index contributed by atoms with van der Waals surface area (Å²) in [6, 6.07) is 0.457. The molecule has 1 unspecified atom stereocenters. The van der Waals surface area contributed by atoms with Gasteiger partial charge in [0.05, 0.1) is 6.54 Å². The van der Waals surface area contributed by atoms with E-state index in [1.54, 1.807) is 30.1 Å². The summed E-state index contributed by atoms with van der Waals surface area (Å²) in [4.78, 5) is 22.6. The molecule has 1 rings (SSSR count). The molecule has 106 valence electrons. The van der Waals surface area contributed by atoms with Crippen molar-refractivity contribution in [2.45, 2.75) is 32.9 Å². The third kappa shape index (κ3) is 4.99. The Morgan fingerprint density at radius 2 is 2.21 bits per heavy atom. The van der Waals surface area contributed by atoms with Gasteiger partial charge in [0.15, 0.2) is 0 Å². The second kappa shape index (κ2) is 7.40. The van der Waals surface area contributed by atoms with Gasteiger partial charge in [-0.25, -0.2) is 9.59 Å². The molecule has 1 aromatic heterocycles. The molecule has 1 aromatic rings. The van der Waals surface area contributed by atoms with Gasteiger partial charge in [0.25, 0.3) is 0 Å². The molecule has 7 nitrogen and oxygen atoms in total. The maximum absolute atomic E-state index is 11.6. The first-order valence-corrected chi connectivity index (χ1v) is 6.29. The summed E-state index contributed by atoms with van der Waals surface area (Å²) in [5.41, 5.74) is 0. The summed E-state index contributed by atoms with van der Waals surface area (Å²) in [5, 5.41) is 18.1. The van der Waals surface area contributed by atoms with Crippen LogP contribution >= 0.6 is 0 Å². The minimum atomic E-state index is -1.02. The summed E-state index contributed by atoms with van der Waals surface area (Å²) in [7, 11) is 0. The second-order valence-corrected chi connectivity index (χ2v) is 4.37. The SMILES string of the molecule is CCC(C)[C@H](NC(=O)NCCn1cccn1)C(=O)O. The molecule has 0 aromatic carbocycles. The zero-order valence-corrected chi connectivity index (χ0v) is 11.2. The lowest BCUT2D eigenvalue weighted by Gasteiger charge is -2.20. The Balaban J connectivity index is 2.34. The van der Waals surface area contributed by atoms with Crippen LogP contribution in [0.25, 0.3) is 0 Å². The third-order valence-electron chi connectivity index (χ3n) is 2.95. The number of hydrogen-bond donors (Lipinski definition) is 3. The summed E-state index contributed by atoms with van der Waals surface area (Å²) >= 11 is 0. The minimum absolute atomic E-state index is 0.116. The van der Waals surface area contributed by atoms with E-state index in [2.05, 4.69) is 15.7 Å². The van der Waals surface area contributed by atoms with Gasteiger partial charge in [0.1, 0.15) is 6.04 Å². The van der Waals surface area contributed by atoms with Crippen LogP contribution in [-0.4, -0.2) is 39.5 Å². The number of rotatable bonds is 7. The predicted molar refractivity (Wildman–Crippen MR) is 69.6 cm³/mol. The molecular formula is C12H20N4O3. The van der Waals surface area contributed by atoms with Crippen LogP contribution in [0.5, 0.6) is 0 Å². The van der Waals surface area contributed by atoms with E-state index in [4.69, 9.17) is 5.11 Å². The van der Waals surface area contributed by atoms with Crippen molar-refractivity contribution in [1.29, 1.82) is 0 Å². The summed E-state index contributed by atoms with van der Waals surface area (Å²) in [6.45, 7) is 4.61. The fraction of sp³-hybridized carbons (Fsp3) is 0.583. The van der Waals surface area contributed by atoms with E-state index in [0.29, 0.717) is 19.5 Å². The molecule has 0 saturated carbocycles. The summed E-state index contributed by atoms with van der Waals surface area (Å²) < 4.78 is 1.68. The van der Waals surface area contributed by atoms with Crippen LogP contribution < -0.4 is 10.6 Å². The van der Waals surface area contributed by atoms with Crippen molar-refractivity contribution in [3.63, 3.8) is 0 Å². The van der Waals surface area contributed by atoms with Gasteiger partial charge in [0.2, 0.25) is 0 Å². The normalized spacial score (nSPS) is 13.6. The number of nitrogens with zero attached hydrogens (tertiary/aromatic N) is 2. The van der Waals surface area contributed by atoms with Gasteiger partial charge in [-0.2, -0.15) is 5.10 Å². The average Bonchev–Trinajstić information content (AvgIpc) is 2.87. The first kappa shape index (κ1) is 15.0. The molecular weight excluding hydrogens is 248 g/mol. The lowest BCUT2D eigenvalue weighted by molar-refractivity contribution is -0.140. The van der Waals surface area contributed by atoms with Crippen molar-refractivity contribution in [1.82, 2.24) is 20.4 Å². The van der Waals surface area contributed by atoms with Crippen molar-refractivity contribution >= 4 is 12.0 Å². The summed E-state index contributed by atoms with van der Waals surface area (Å²) in [5.74, 6) is -1.13. The van der Waals surface area contributed by atoms with Crippen molar-refractivity contribution in [2.75, 3.05) is 6.54 Å². The highest BCUT2D eigenvalue weighted by molar-refractivity contribution is 5.82. The number of carboxylic acid groups (broad SMARTS) is 1. The fourth-order valence-corrected chi connectivity index (χ4v) is 1.59. The number of aliphatic carboxylic acids is 1. The van der Waals surface area contributed by atoms with Crippen LogP contribution in [0.1, 0.15) is 20.3 Å². The van der Waals surface area contributed by atoms with Crippen LogP contribution in [0.3, 0.4) is 0 Å². The van der Waals surface area contributed by atoms with Crippen molar-refractivity contribution < 1.29 is 14.7 Å². The van der Waals surface area contributed by atoms with E-state index < -0.39 is 18.0 Å². The van der Waals surface area contributed by atoms with Crippen LogP contribution in [-0.2, 0) is 11.3 Å². The Hall–Kier alpha value is -2.05. The molecule has 0 saturated heterocycles. The van der Waals surface area contributed by atoms with E-state index in [1.165, 1.54) is 0 Å². The Bertz CT molecular complexity index is 405. The molecule has 3 N–H and O–H groups in total. The average molecular weight is 268 g/mol. The van der Waals surface area contributed by atoms with Gasteiger partial charge >= 0.3 is 12.0 Å². The maximum Gasteiger partial charge on any atom is 0.326 e. The summed E-state index contributed by atoms with van der Waals surface area (Å²) in [6.07, 6.45) is 4.13. The molecule has 0 aliphatic heterocycles. The molecule has 0 aliphatic carbocycles. The lowest BCUT2D eigenvalue weighted by Crippen LogP contribution is -2.49. The van der Waals surface area contributed by atoms with E-state index in [9.17, 15) is 9.59 Å². The second-order valence-electron chi connectivity index (χ2n) is 4.37. The molecule has 0 fully saturated rings. The van der Waals surface area contributed by atoms with Crippen molar-refractivity contribution in [2.24, 2.45) is 5.92 Å². The highest BCUT2D eigenvalue weighted by atomic mass is 16.4. The highest BCUT2D eigenvalue weighted by Gasteiger charge is 2.24. The number of urea groups is 1. The number of carbonyl (C=O) groups excluding carboxylic acids is 1. The van der Waals surface area contributed by atoms with Gasteiger partial charge < -0.3 is 15.7 Å². The fourth-order valence-electron chi connectivity index (χ4n) is 1.59. The van der Waals surface area contributed by atoms with Gasteiger partial charge in [0, 0.05) is 18.9 Å². The largest absolute Gasteiger partial charge is 0.480 e. The van der Waals surface area contributed by atoms with E-state index in [0.717, 1.165) is 0 Å². The zero-order valence-electron chi connectivity index (χ0n) is 11.2. The monoisotopic (exact) mass is 268 g/mol. The van der Waals surface area contributed by atoms with Gasteiger partial charge in [-0.15, -0.1) is 0 Å². The highest BCUT2D eigenvalue weighted by Crippen LogP contribution is 2.07. The molecule has 1 heterocycles. The molecule has 0 spiro atoms. The molecule has 7 heteroatoms. The Kier molecular flexibility index (Phi) is 5.84. The van der Waals surface area contributed by atoms with Crippen molar-refractivity contribution in [3.05, 3.63) is 18.5 Å². The molecule has 0 radical (unpaired) electrons. The molecule has 19 heavy (non-hydrogen) atoms. The number of carbonyl (C=O) groups is 2. The topological polar surface area (TPSA) is 96.3 Å². The van der Waals surface area contributed by atoms with Gasteiger partial charge in [-0.05, 0) is 12.0 Å². The number of carboxylic acids is 1. The quantitative estimate of drug-likeness (QED) is 0.677. The number of amides is 2. The maximum atomic E-state index is 11.6. The first-order valence-electron chi connectivity index (χ1n) is 6.29. The molecule has 2 amide bonds. The Morgan fingerprint density at radius 1 is 1.47 bits per heavy atom. The third-order valence-corrected chi connectivity index (χ3v) is 2.95. The van der Waals surface area contributed by atoms with Crippen LogP contribution in [0.4, 0.5) is 4.79 Å². The van der Waals surface area contributed by atoms with E-state index in [1.807, 2.05) is 6.92 Å². The predicted octanol–water partition coefficient (Wildman–Crippen LogP) is 0.682. The van der Waals surface area contributed by atoms with Crippen LogP contribution in [0.2, 0.25) is 0 Å². The van der Waals surface area contributed by atoms with Crippen molar-refractivity contribution in [3.8, 4) is 0 Å². The number of aromatic nitrogens is 2. The standard InChI is InChI=1S/C12H20N4O3/c1-3-9(2)10(11(17)18)15-12(19)13-6-8-16-7-4-5-14-16/h4-5,7,9-10H,3,6,8H2,1-2H3,(H,17,18)(H2,13,15,19)/t9?,10-/m0/s1. The van der Waals surface area contributed by atoms with Gasteiger partial charge in [-0.1, -0.05) is 20.3 Å². The van der Waals surface area contributed by atoms with Crippen LogP contribution in [0.15, 0.2) is 18.5 Å². The Morgan fingerprint density at radius 3 is 2.74 bits per heavy atom. The molecule has 0 aliphatic rings. The van der Waals surface area contributed by atoms with E-state index >= 15 is 0 Å². The molecule has 2 atom stereocenters. The van der Waals surface area contributed by atoms with Gasteiger partial charge in [-0.3, -0.25) is 4.68 Å². The van der Waals surface area contributed by atoms with Crippen LogP contribution in [0, 0.1) is 5.92 Å². The Labute approximate surface area is 112 Å². The number of nitrogens with one attached hydrogen (secondary N) is 2. The lowest BCUT2D eigenvalue weighted by atomic mass is 9.99. The number of hydrogen-bond acceptors (Lipinski definition) is 3. The zero-order chi connectivity index (χ0) is 14.3. The minimum Gasteiger partial charge on any atom is -0.480 e.